The van der Waals surface area contributed by atoms with Crippen molar-refractivity contribution < 1.29 is 9.53 Å². The number of hydrogen-bond acceptors (Lipinski definition) is 6. The van der Waals surface area contributed by atoms with Gasteiger partial charge < -0.3 is 9.64 Å². The highest BCUT2D eigenvalue weighted by Crippen LogP contribution is 2.29. The Morgan fingerprint density at radius 3 is 2.57 bits per heavy atom. The van der Waals surface area contributed by atoms with Crippen molar-refractivity contribution in [2.75, 3.05) is 45.9 Å². The Bertz CT molecular complexity index is 479. The summed E-state index contributed by atoms with van der Waals surface area (Å²) in [6.45, 7) is 7.30. The molecule has 3 rings (SSSR count). The normalized spacial score (nSPS) is 21.7. The Hall–Kier alpha value is -1.05. The fourth-order valence-corrected chi connectivity index (χ4v) is 3.79. The van der Waals surface area contributed by atoms with E-state index in [1.807, 2.05) is 11.8 Å². The van der Waals surface area contributed by atoms with Crippen molar-refractivity contribution in [3.63, 3.8) is 0 Å². The smallest absolute Gasteiger partial charge is 0.236 e. The number of hydrogen-bond donors (Lipinski definition) is 0. The number of amides is 1. The summed E-state index contributed by atoms with van der Waals surface area (Å²) in [6.07, 6.45) is 2.15. The van der Waals surface area contributed by atoms with Gasteiger partial charge in [0, 0.05) is 19.0 Å². The van der Waals surface area contributed by atoms with Gasteiger partial charge in [0.05, 0.1) is 19.8 Å². The Morgan fingerprint density at radius 2 is 1.95 bits per heavy atom. The zero-order valence-corrected chi connectivity index (χ0v) is 13.3. The quantitative estimate of drug-likeness (QED) is 0.830. The van der Waals surface area contributed by atoms with Crippen molar-refractivity contribution in [1.82, 2.24) is 20.0 Å². The summed E-state index contributed by atoms with van der Waals surface area (Å²) in [5, 5.41) is 10.6. The van der Waals surface area contributed by atoms with Crippen LogP contribution in [0.5, 0.6) is 0 Å². The second-order valence-electron chi connectivity index (χ2n) is 5.70. The lowest BCUT2D eigenvalue weighted by atomic mass is 9.97. The summed E-state index contributed by atoms with van der Waals surface area (Å²) >= 11 is 1.70. The van der Waals surface area contributed by atoms with E-state index in [2.05, 4.69) is 15.1 Å². The fraction of sp³-hybridized carbons (Fsp3) is 0.786. The summed E-state index contributed by atoms with van der Waals surface area (Å²) in [5.41, 5.74) is 0. The third-order valence-corrected chi connectivity index (χ3v) is 5.20. The standard InChI is InChI=1S/C14H22N4O2S/c1-11-15-16-14(21-11)12-2-4-17(5-3-12)10-13(19)18-6-8-20-9-7-18/h12H,2-10H2,1H3. The van der Waals surface area contributed by atoms with E-state index >= 15 is 0 Å². The molecule has 6 nitrogen and oxygen atoms in total. The fourth-order valence-electron chi connectivity index (χ4n) is 2.92. The van der Waals surface area contributed by atoms with Gasteiger partial charge in [-0.1, -0.05) is 0 Å². The number of ether oxygens (including phenoxy) is 1. The maximum atomic E-state index is 12.2. The molecule has 0 bridgehead atoms. The van der Waals surface area contributed by atoms with Gasteiger partial charge in [-0.05, 0) is 32.9 Å². The molecule has 3 heterocycles. The molecule has 21 heavy (non-hydrogen) atoms. The van der Waals surface area contributed by atoms with Crippen molar-refractivity contribution in [2.45, 2.75) is 25.7 Å². The van der Waals surface area contributed by atoms with Crippen LogP contribution in [0, 0.1) is 6.92 Å². The number of piperidine rings is 1. The molecule has 2 saturated heterocycles. The van der Waals surface area contributed by atoms with Crippen LogP contribution in [0.1, 0.15) is 28.8 Å². The monoisotopic (exact) mass is 310 g/mol. The SMILES string of the molecule is Cc1nnc(C2CCN(CC(=O)N3CCOCC3)CC2)s1. The van der Waals surface area contributed by atoms with Crippen LogP contribution >= 0.6 is 11.3 Å². The molecule has 2 fully saturated rings. The first-order valence-electron chi connectivity index (χ1n) is 7.60. The van der Waals surface area contributed by atoms with Crippen LogP contribution < -0.4 is 0 Å². The summed E-state index contributed by atoms with van der Waals surface area (Å²) in [5.74, 6) is 0.759. The number of nitrogens with zero attached hydrogens (tertiary/aromatic N) is 4. The van der Waals surface area contributed by atoms with Crippen molar-refractivity contribution in [3.05, 3.63) is 10.0 Å². The number of morpholine rings is 1. The first-order chi connectivity index (χ1) is 10.2. The molecule has 0 radical (unpaired) electrons. The molecule has 0 atom stereocenters. The first kappa shape index (κ1) is 14.9. The van der Waals surface area contributed by atoms with Gasteiger partial charge in [0.1, 0.15) is 10.0 Å². The second kappa shape index (κ2) is 6.81. The van der Waals surface area contributed by atoms with E-state index in [4.69, 9.17) is 4.74 Å². The maximum absolute atomic E-state index is 12.2. The predicted octanol–water partition coefficient (Wildman–Crippen LogP) is 0.885. The third kappa shape index (κ3) is 3.78. The molecule has 2 aliphatic rings. The summed E-state index contributed by atoms with van der Waals surface area (Å²) in [4.78, 5) is 16.4. The number of likely N-dealkylation sites (tertiary alicyclic amines) is 1. The van der Waals surface area contributed by atoms with E-state index in [9.17, 15) is 4.79 Å². The van der Waals surface area contributed by atoms with Crippen molar-refractivity contribution >= 4 is 17.2 Å². The molecule has 1 amide bonds. The van der Waals surface area contributed by atoms with Crippen molar-refractivity contribution in [3.8, 4) is 0 Å². The van der Waals surface area contributed by atoms with Gasteiger partial charge in [0.25, 0.3) is 0 Å². The highest BCUT2D eigenvalue weighted by Gasteiger charge is 2.26. The molecule has 0 saturated carbocycles. The van der Waals surface area contributed by atoms with Crippen LogP contribution in [0.25, 0.3) is 0 Å². The van der Waals surface area contributed by atoms with Crippen LogP contribution in [0.15, 0.2) is 0 Å². The molecule has 0 unspecified atom stereocenters. The maximum Gasteiger partial charge on any atom is 0.236 e. The number of rotatable bonds is 3. The number of carbonyl (C=O) groups excluding carboxylic acids is 1. The van der Waals surface area contributed by atoms with Gasteiger partial charge in [-0.15, -0.1) is 21.5 Å². The average Bonchev–Trinajstić information content (AvgIpc) is 2.95. The van der Waals surface area contributed by atoms with Gasteiger partial charge in [-0.2, -0.15) is 0 Å². The van der Waals surface area contributed by atoms with Crippen LogP contribution in [0.2, 0.25) is 0 Å². The van der Waals surface area contributed by atoms with E-state index in [1.165, 1.54) is 0 Å². The lowest BCUT2D eigenvalue weighted by molar-refractivity contribution is -0.136. The second-order valence-corrected chi connectivity index (χ2v) is 6.92. The zero-order chi connectivity index (χ0) is 14.7. The van der Waals surface area contributed by atoms with Gasteiger partial charge in [-0.25, -0.2) is 0 Å². The topological polar surface area (TPSA) is 58.6 Å². The Labute approximate surface area is 129 Å². The summed E-state index contributed by atoms with van der Waals surface area (Å²) in [7, 11) is 0. The van der Waals surface area contributed by atoms with E-state index in [1.54, 1.807) is 11.3 Å². The zero-order valence-electron chi connectivity index (χ0n) is 12.5. The average molecular weight is 310 g/mol. The molecule has 0 spiro atoms. The molecule has 1 aromatic rings. The first-order valence-corrected chi connectivity index (χ1v) is 8.42. The summed E-state index contributed by atoms with van der Waals surface area (Å²) < 4.78 is 5.29. The van der Waals surface area contributed by atoms with Gasteiger partial charge >= 0.3 is 0 Å². The molecule has 116 valence electrons. The van der Waals surface area contributed by atoms with Crippen LogP contribution in [0.3, 0.4) is 0 Å². The largest absolute Gasteiger partial charge is 0.378 e. The predicted molar refractivity (Wildman–Crippen MR) is 80.5 cm³/mol. The number of aromatic nitrogens is 2. The number of aryl methyl sites for hydroxylation is 1. The summed E-state index contributed by atoms with van der Waals surface area (Å²) in [6, 6.07) is 0. The van der Waals surface area contributed by atoms with E-state index < -0.39 is 0 Å². The Balaban J connectivity index is 1.46. The van der Waals surface area contributed by atoms with Crippen LogP contribution in [0.4, 0.5) is 0 Å². The molecule has 0 aliphatic carbocycles. The van der Waals surface area contributed by atoms with Crippen molar-refractivity contribution in [2.24, 2.45) is 0 Å². The molecule has 1 aromatic heterocycles. The van der Waals surface area contributed by atoms with E-state index in [0.29, 0.717) is 25.7 Å². The molecule has 2 aliphatic heterocycles. The minimum absolute atomic E-state index is 0.239. The highest BCUT2D eigenvalue weighted by molar-refractivity contribution is 7.11. The highest BCUT2D eigenvalue weighted by atomic mass is 32.1. The Kier molecular flexibility index (Phi) is 4.82. The lowest BCUT2D eigenvalue weighted by Gasteiger charge is -2.33. The third-order valence-electron chi connectivity index (χ3n) is 4.20. The Morgan fingerprint density at radius 1 is 1.24 bits per heavy atom. The van der Waals surface area contributed by atoms with Crippen molar-refractivity contribution in [1.29, 1.82) is 0 Å². The minimum atomic E-state index is 0.239. The molecule has 0 aromatic carbocycles. The minimum Gasteiger partial charge on any atom is -0.378 e. The van der Waals surface area contributed by atoms with Gasteiger partial charge in [0.15, 0.2) is 0 Å². The molecular weight excluding hydrogens is 288 g/mol. The lowest BCUT2D eigenvalue weighted by Crippen LogP contribution is -2.47. The van der Waals surface area contributed by atoms with E-state index in [-0.39, 0.29) is 5.91 Å². The van der Waals surface area contributed by atoms with Gasteiger partial charge in [0.2, 0.25) is 5.91 Å². The molecular formula is C14H22N4O2S. The molecule has 0 N–H and O–H groups in total. The van der Waals surface area contributed by atoms with E-state index in [0.717, 1.165) is 49.0 Å². The molecule has 7 heteroatoms. The van der Waals surface area contributed by atoms with Crippen LogP contribution in [-0.2, 0) is 9.53 Å². The van der Waals surface area contributed by atoms with Crippen LogP contribution in [-0.4, -0.2) is 71.8 Å². The number of carbonyl (C=O) groups is 1. The van der Waals surface area contributed by atoms with Gasteiger partial charge in [-0.3, -0.25) is 9.69 Å².